The number of fused-ring (bicyclic) bond motifs is 1. The Morgan fingerprint density at radius 2 is 2.00 bits per heavy atom. The third-order valence-corrected chi connectivity index (χ3v) is 4.39. The normalized spacial score (nSPS) is 12.5. The minimum Gasteiger partial charge on any atom is -0.481 e. The monoisotopic (exact) mass is 284 g/mol. The van der Waals surface area contributed by atoms with E-state index in [9.17, 15) is 0 Å². The van der Waals surface area contributed by atoms with Crippen LogP contribution in [0.15, 0.2) is 48.0 Å². The predicted octanol–water partition coefficient (Wildman–Crippen LogP) is 3.61. The molecule has 102 valence electrons. The molecule has 1 atom stereocenters. The first-order valence-electron chi connectivity index (χ1n) is 6.47. The minimum atomic E-state index is 0.0704. The largest absolute Gasteiger partial charge is 0.481 e. The van der Waals surface area contributed by atoms with Crippen LogP contribution in [0.4, 0.5) is 0 Å². The van der Waals surface area contributed by atoms with Crippen LogP contribution in [0.5, 0.6) is 5.88 Å². The summed E-state index contributed by atoms with van der Waals surface area (Å²) in [4.78, 5) is 4.30. The molecule has 1 unspecified atom stereocenters. The first-order valence-corrected chi connectivity index (χ1v) is 7.35. The number of hydrogen-bond donors (Lipinski definition) is 1. The zero-order valence-corrected chi connectivity index (χ0v) is 12.3. The highest BCUT2D eigenvalue weighted by atomic mass is 32.1. The highest BCUT2D eigenvalue weighted by Gasteiger charge is 2.19. The second-order valence-corrected chi connectivity index (χ2v) is 5.43. The van der Waals surface area contributed by atoms with E-state index in [0.29, 0.717) is 5.88 Å². The van der Waals surface area contributed by atoms with E-state index in [-0.39, 0.29) is 6.04 Å². The molecule has 0 radical (unpaired) electrons. The van der Waals surface area contributed by atoms with E-state index in [2.05, 4.69) is 46.0 Å². The van der Waals surface area contributed by atoms with Crippen molar-refractivity contribution < 1.29 is 4.74 Å². The van der Waals surface area contributed by atoms with Gasteiger partial charge in [-0.05, 0) is 35.5 Å². The summed E-state index contributed by atoms with van der Waals surface area (Å²) >= 11 is 1.76. The third kappa shape index (κ3) is 2.17. The molecule has 0 fully saturated rings. The number of hydrogen-bond acceptors (Lipinski definition) is 4. The van der Waals surface area contributed by atoms with E-state index in [0.717, 1.165) is 5.56 Å². The number of nitrogens with one attached hydrogen (secondary N) is 1. The molecule has 1 aromatic carbocycles. The van der Waals surface area contributed by atoms with Crippen LogP contribution in [0.3, 0.4) is 0 Å². The smallest absolute Gasteiger partial charge is 0.218 e. The second-order valence-electron chi connectivity index (χ2n) is 4.51. The summed E-state index contributed by atoms with van der Waals surface area (Å²) in [7, 11) is 3.62. The first kappa shape index (κ1) is 13.1. The summed E-state index contributed by atoms with van der Waals surface area (Å²) in [5.74, 6) is 0.667. The Hall–Kier alpha value is -1.91. The van der Waals surface area contributed by atoms with Crippen molar-refractivity contribution in [3.8, 4) is 5.88 Å². The number of nitrogens with zero attached hydrogens (tertiary/aromatic N) is 1. The summed E-state index contributed by atoms with van der Waals surface area (Å²) < 4.78 is 6.70. The maximum Gasteiger partial charge on any atom is 0.218 e. The van der Waals surface area contributed by atoms with Crippen LogP contribution in [0, 0.1) is 0 Å². The Morgan fingerprint density at radius 3 is 2.80 bits per heavy atom. The standard InChI is InChI=1S/C16H16N2OS/c1-17-14(13-7-4-9-18-16(13)19-2)12-6-3-5-11-8-10-20-15(11)12/h3-10,14,17H,1-2H3. The average molecular weight is 284 g/mol. The quantitative estimate of drug-likeness (QED) is 0.794. The molecule has 1 N–H and O–H groups in total. The molecule has 0 saturated heterocycles. The van der Waals surface area contributed by atoms with Crippen molar-refractivity contribution in [2.45, 2.75) is 6.04 Å². The fourth-order valence-corrected chi connectivity index (χ4v) is 3.46. The molecule has 0 saturated carbocycles. The number of benzene rings is 1. The van der Waals surface area contributed by atoms with Crippen LogP contribution >= 0.6 is 11.3 Å². The summed E-state index contributed by atoms with van der Waals surface area (Å²) in [6.07, 6.45) is 1.75. The second kappa shape index (κ2) is 5.61. The highest BCUT2D eigenvalue weighted by molar-refractivity contribution is 7.17. The van der Waals surface area contributed by atoms with Gasteiger partial charge in [0.05, 0.1) is 13.2 Å². The zero-order chi connectivity index (χ0) is 13.9. The first-order chi connectivity index (χ1) is 9.85. The van der Waals surface area contributed by atoms with E-state index < -0.39 is 0 Å². The molecule has 2 heterocycles. The van der Waals surface area contributed by atoms with Gasteiger partial charge in [-0.25, -0.2) is 4.98 Å². The summed E-state index contributed by atoms with van der Waals surface area (Å²) in [6.45, 7) is 0. The lowest BCUT2D eigenvalue weighted by Crippen LogP contribution is -2.18. The summed E-state index contributed by atoms with van der Waals surface area (Å²) in [5, 5.41) is 6.78. The number of thiophene rings is 1. The Morgan fingerprint density at radius 1 is 1.15 bits per heavy atom. The van der Waals surface area contributed by atoms with Crippen LogP contribution in [-0.2, 0) is 0 Å². The molecule has 0 aliphatic heterocycles. The Kier molecular flexibility index (Phi) is 3.67. The number of rotatable bonds is 4. The molecule has 0 aliphatic carbocycles. The fourth-order valence-electron chi connectivity index (χ4n) is 2.52. The fraction of sp³-hybridized carbons (Fsp3) is 0.188. The van der Waals surface area contributed by atoms with Gasteiger partial charge < -0.3 is 10.1 Å². The molecule has 4 heteroatoms. The van der Waals surface area contributed by atoms with Gasteiger partial charge >= 0.3 is 0 Å². The maximum absolute atomic E-state index is 5.40. The van der Waals surface area contributed by atoms with Gasteiger partial charge in [0.1, 0.15) is 0 Å². The van der Waals surface area contributed by atoms with E-state index in [1.807, 2.05) is 13.1 Å². The SMILES string of the molecule is CNC(c1cccnc1OC)c1cccc2ccsc12. The van der Waals surface area contributed by atoms with Gasteiger partial charge in [0.2, 0.25) is 5.88 Å². The highest BCUT2D eigenvalue weighted by Crippen LogP contribution is 2.34. The summed E-state index contributed by atoms with van der Waals surface area (Å²) in [5.41, 5.74) is 2.31. The van der Waals surface area contributed by atoms with Crippen molar-refractivity contribution in [1.82, 2.24) is 10.3 Å². The lowest BCUT2D eigenvalue weighted by molar-refractivity contribution is 0.388. The molecular weight excluding hydrogens is 268 g/mol. The van der Waals surface area contributed by atoms with Gasteiger partial charge in [-0.15, -0.1) is 11.3 Å². The topological polar surface area (TPSA) is 34.2 Å². The predicted molar refractivity (Wildman–Crippen MR) is 83.5 cm³/mol. The summed E-state index contributed by atoms with van der Waals surface area (Å²) in [6, 6.07) is 12.6. The van der Waals surface area contributed by atoms with Crippen LogP contribution in [-0.4, -0.2) is 19.1 Å². The lowest BCUT2D eigenvalue weighted by atomic mass is 9.98. The van der Waals surface area contributed by atoms with Crippen LogP contribution in [0.2, 0.25) is 0 Å². The minimum absolute atomic E-state index is 0.0704. The molecule has 0 bridgehead atoms. The van der Waals surface area contributed by atoms with Gasteiger partial charge in [-0.1, -0.05) is 24.3 Å². The molecule has 0 spiro atoms. The third-order valence-electron chi connectivity index (χ3n) is 3.41. The Balaban J connectivity index is 2.16. The van der Waals surface area contributed by atoms with E-state index in [1.54, 1.807) is 24.6 Å². The van der Waals surface area contributed by atoms with Crippen LogP contribution in [0.25, 0.3) is 10.1 Å². The number of methoxy groups -OCH3 is 1. The number of aromatic nitrogens is 1. The zero-order valence-electron chi connectivity index (χ0n) is 11.5. The van der Waals surface area contributed by atoms with E-state index in [1.165, 1.54) is 15.6 Å². The number of pyridine rings is 1. The Bertz CT molecular complexity index is 723. The molecule has 3 nitrogen and oxygen atoms in total. The maximum atomic E-state index is 5.40. The number of ether oxygens (including phenoxy) is 1. The van der Waals surface area contributed by atoms with Gasteiger partial charge in [0, 0.05) is 16.5 Å². The molecule has 0 aliphatic rings. The van der Waals surface area contributed by atoms with Gasteiger partial charge in [-0.3, -0.25) is 0 Å². The molecule has 3 aromatic rings. The van der Waals surface area contributed by atoms with Crippen molar-refractivity contribution in [2.75, 3.05) is 14.2 Å². The van der Waals surface area contributed by atoms with Gasteiger partial charge in [0.15, 0.2) is 0 Å². The average Bonchev–Trinajstić information content (AvgIpc) is 2.98. The molecule has 0 amide bonds. The molecule has 2 aromatic heterocycles. The van der Waals surface area contributed by atoms with Crippen molar-refractivity contribution in [2.24, 2.45) is 0 Å². The van der Waals surface area contributed by atoms with Crippen molar-refractivity contribution in [1.29, 1.82) is 0 Å². The molecule has 20 heavy (non-hydrogen) atoms. The van der Waals surface area contributed by atoms with E-state index in [4.69, 9.17) is 4.74 Å². The Labute approximate surface area is 122 Å². The molecular formula is C16H16N2OS. The van der Waals surface area contributed by atoms with Gasteiger partial charge in [-0.2, -0.15) is 0 Å². The van der Waals surface area contributed by atoms with E-state index >= 15 is 0 Å². The van der Waals surface area contributed by atoms with Crippen molar-refractivity contribution >= 4 is 21.4 Å². The van der Waals surface area contributed by atoms with Gasteiger partial charge in [0.25, 0.3) is 0 Å². The van der Waals surface area contributed by atoms with Crippen LogP contribution in [0.1, 0.15) is 17.2 Å². The molecule has 3 rings (SSSR count). The van der Waals surface area contributed by atoms with Crippen molar-refractivity contribution in [3.63, 3.8) is 0 Å². The van der Waals surface area contributed by atoms with Crippen molar-refractivity contribution in [3.05, 3.63) is 59.1 Å². The van der Waals surface area contributed by atoms with Crippen LogP contribution < -0.4 is 10.1 Å². The lowest BCUT2D eigenvalue weighted by Gasteiger charge is -2.19.